The van der Waals surface area contributed by atoms with Gasteiger partial charge in [-0.3, -0.25) is 9.59 Å². The first kappa shape index (κ1) is 17.0. The van der Waals surface area contributed by atoms with Crippen LogP contribution in [0.2, 0.25) is 10.0 Å². The Morgan fingerprint density at radius 1 is 1.33 bits per heavy atom. The highest BCUT2D eigenvalue weighted by Crippen LogP contribution is 2.26. The normalized spacial score (nSPS) is 23.8. The topological polar surface area (TPSA) is 79.8 Å². The Morgan fingerprint density at radius 2 is 2.17 bits per heavy atom. The summed E-state index contributed by atoms with van der Waals surface area (Å²) in [5.74, 6) is -0.498. The van der Waals surface area contributed by atoms with E-state index in [1.54, 1.807) is 18.2 Å². The van der Waals surface area contributed by atoms with Crippen molar-refractivity contribution in [2.24, 2.45) is 5.16 Å². The maximum atomic E-state index is 12.3. The Labute approximate surface area is 149 Å². The number of halogens is 2. The maximum Gasteiger partial charge on any atom is 0.264 e. The molecule has 0 aliphatic carbocycles. The second-order valence-electron chi connectivity index (χ2n) is 5.81. The number of nitrogens with zero attached hydrogens (tertiary/aromatic N) is 1. The number of hydrogen-bond donors (Lipinski definition) is 2. The molecule has 1 aromatic carbocycles. The second-order valence-corrected chi connectivity index (χ2v) is 6.65. The van der Waals surface area contributed by atoms with Gasteiger partial charge >= 0.3 is 0 Å². The fourth-order valence-electron chi connectivity index (χ4n) is 2.74. The molecule has 0 bridgehead atoms. The van der Waals surface area contributed by atoms with Crippen molar-refractivity contribution in [3.63, 3.8) is 0 Å². The molecular weight excluding hydrogens is 353 g/mol. The van der Waals surface area contributed by atoms with Gasteiger partial charge in [-0.2, -0.15) is 0 Å². The molecule has 2 aliphatic rings. The first-order chi connectivity index (χ1) is 11.5. The fourth-order valence-corrected chi connectivity index (χ4v) is 3.26. The summed E-state index contributed by atoms with van der Waals surface area (Å²) in [4.78, 5) is 29.5. The maximum absolute atomic E-state index is 12.3. The van der Waals surface area contributed by atoms with Crippen molar-refractivity contribution >= 4 is 40.7 Å². The number of carbonyl (C=O) groups is 2. The largest absolute Gasteiger partial charge is 0.382 e. The van der Waals surface area contributed by atoms with Crippen molar-refractivity contribution in [1.82, 2.24) is 10.6 Å². The molecule has 0 spiro atoms. The van der Waals surface area contributed by atoms with Crippen LogP contribution in [0.4, 0.5) is 0 Å². The van der Waals surface area contributed by atoms with Crippen LogP contribution in [0.5, 0.6) is 0 Å². The zero-order valence-corrected chi connectivity index (χ0v) is 14.4. The van der Waals surface area contributed by atoms with Crippen LogP contribution in [0.15, 0.2) is 23.4 Å². The molecule has 2 N–H and O–H groups in total. The lowest BCUT2D eigenvalue weighted by Gasteiger charge is -2.17. The van der Waals surface area contributed by atoms with Crippen molar-refractivity contribution in [2.45, 2.75) is 37.8 Å². The summed E-state index contributed by atoms with van der Waals surface area (Å²) in [7, 11) is 0. The predicted molar refractivity (Wildman–Crippen MR) is 91.3 cm³/mol. The van der Waals surface area contributed by atoms with Gasteiger partial charge in [-0.15, -0.1) is 0 Å². The van der Waals surface area contributed by atoms with Gasteiger partial charge in [0.15, 0.2) is 0 Å². The Hall–Kier alpha value is -1.79. The van der Waals surface area contributed by atoms with E-state index in [2.05, 4.69) is 15.8 Å². The Bertz CT molecular complexity index is 693. The summed E-state index contributed by atoms with van der Waals surface area (Å²) in [5.41, 5.74) is 1.27. The molecule has 0 unspecified atom stereocenters. The molecule has 0 radical (unpaired) electrons. The molecule has 3 rings (SSSR count). The summed E-state index contributed by atoms with van der Waals surface area (Å²) < 4.78 is 0. The van der Waals surface area contributed by atoms with Crippen LogP contribution in [0, 0.1) is 0 Å². The summed E-state index contributed by atoms with van der Waals surface area (Å²) in [5, 5.41) is 10.5. The lowest BCUT2D eigenvalue weighted by atomic mass is 10.0. The fraction of sp³-hybridized carbons (Fsp3) is 0.438. The van der Waals surface area contributed by atoms with Crippen molar-refractivity contribution in [3.8, 4) is 0 Å². The van der Waals surface area contributed by atoms with Crippen molar-refractivity contribution < 1.29 is 14.4 Å². The minimum atomic E-state index is -0.761. The molecule has 6 nitrogen and oxygen atoms in total. The van der Waals surface area contributed by atoms with Crippen molar-refractivity contribution in [2.75, 3.05) is 6.54 Å². The molecule has 2 amide bonds. The van der Waals surface area contributed by atoms with Gasteiger partial charge in [-0.05, 0) is 31.4 Å². The molecule has 2 heterocycles. The van der Waals surface area contributed by atoms with Gasteiger partial charge < -0.3 is 15.5 Å². The van der Waals surface area contributed by atoms with Gasteiger partial charge in [0.2, 0.25) is 12.0 Å². The highest BCUT2D eigenvalue weighted by molar-refractivity contribution is 6.37. The standard InChI is InChI=1S/C16H17Cl2N3O3/c17-9-4-5-10(11(18)7-9)13-8-14(24-21-13)16(23)20-12-3-1-2-6-19-15(12)22/h4-5,7,12,14H,1-3,6,8H2,(H,19,22)(H,20,23)/t12-,14+/m1/s1. The molecule has 2 aliphatic heterocycles. The van der Waals surface area contributed by atoms with Gasteiger partial charge in [-0.1, -0.05) is 34.4 Å². The van der Waals surface area contributed by atoms with E-state index in [-0.39, 0.29) is 11.8 Å². The molecule has 2 atom stereocenters. The van der Waals surface area contributed by atoms with E-state index in [0.717, 1.165) is 12.8 Å². The van der Waals surface area contributed by atoms with Gasteiger partial charge in [0.1, 0.15) is 6.04 Å². The number of rotatable bonds is 3. The molecule has 8 heteroatoms. The number of carbonyl (C=O) groups excluding carboxylic acids is 2. The first-order valence-corrected chi connectivity index (χ1v) is 8.56. The van der Waals surface area contributed by atoms with Crippen molar-refractivity contribution in [1.29, 1.82) is 0 Å². The summed E-state index contributed by atoms with van der Waals surface area (Å²) in [6.45, 7) is 0.646. The molecule has 1 aromatic rings. The quantitative estimate of drug-likeness (QED) is 0.857. The predicted octanol–water partition coefficient (Wildman–Crippen LogP) is 2.27. The number of nitrogens with one attached hydrogen (secondary N) is 2. The Morgan fingerprint density at radius 3 is 2.96 bits per heavy atom. The number of hydrogen-bond acceptors (Lipinski definition) is 4. The van der Waals surface area contributed by atoms with Crippen LogP contribution in [-0.2, 0) is 14.4 Å². The van der Waals surface area contributed by atoms with Crippen LogP contribution in [-0.4, -0.2) is 36.2 Å². The zero-order valence-electron chi connectivity index (χ0n) is 12.9. The van der Waals surface area contributed by atoms with Gasteiger partial charge in [-0.25, -0.2) is 0 Å². The van der Waals surface area contributed by atoms with Gasteiger partial charge in [0.05, 0.1) is 10.7 Å². The van der Waals surface area contributed by atoms with E-state index in [0.29, 0.717) is 40.7 Å². The van der Waals surface area contributed by atoms with Gasteiger partial charge in [0.25, 0.3) is 5.91 Å². The minimum Gasteiger partial charge on any atom is -0.382 e. The lowest BCUT2D eigenvalue weighted by Crippen LogP contribution is -2.48. The van der Waals surface area contributed by atoms with Crippen molar-refractivity contribution in [3.05, 3.63) is 33.8 Å². The third-order valence-electron chi connectivity index (χ3n) is 4.06. The van der Waals surface area contributed by atoms with Crippen LogP contribution >= 0.6 is 23.2 Å². The van der Waals surface area contributed by atoms with E-state index >= 15 is 0 Å². The summed E-state index contributed by atoms with van der Waals surface area (Å²) in [6.07, 6.45) is 1.96. The van der Waals surface area contributed by atoms with Crippen LogP contribution in [0.3, 0.4) is 0 Å². The minimum absolute atomic E-state index is 0.152. The van der Waals surface area contributed by atoms with E-state index < -0.39 is 12.1 Å². The number of oxime groups is 1. The Balaban J connectivity index is 1.61. The first-order valence-electron chi connectivity index (χ1n) is 7.81. The molecule has 0 aromatic heterocycles. The Kier molecular flexibility index (Phi) is 5.26. The average molecular weight is 370 g/mol. The van der Waals surface area contributed by atoms with E-state index in [9.17, 15) is 9.59 Å². The summed E-state index contributed by atoms with van der Waals surface area (Å²) >= 11 is 12.0. The molecule has 1 fully saturated rings. The smallest absolute Gasteiger partial charge is 0.264 e. The average Bonchev–Trinajstić information content (AvgIpc) is 2.94. The number of amides is 2. The lowest BCUT2D eigenvalue weighted by molar-refractivity contribution is -0.135. The monoisotopic (exact) mass is 369 g/mol. The third kappa shape index (κ3) is 3.82. The highest BCUT2D eigenvalue weighted by Gasteiger charge is 2.32. The molecule has 128 valence electrons. The third-order valence-corrected chi connectivity index (χ3v) is 4.60. The van der Waals surface area contributed by atoms with Crippen LogP contribution in [0.1, 0.15) is 31.2 Å². The molecule has 0 saturated carbocycles. The SMILES string of the molecule is O=C(N[C@@H]1CCCCNC1=O)[C@@H]1CC(c2ccc(Cl)cc2Cl)=NO1. The van der Waals surface area contributed by atoms with E-state index in [1.807, 2.05) is 0 Å². The molecular formula is C16H17Cl2N3O3. The molecule has 1 saturated heterocycles. The summed E-state index contributed by atoms with van der Waals surface area (Å²) in [6, 6.07) is 4.54. The molecule has 24 heavy (non-hydrogen) atoms. The zero-order chi connectivity index (χ0) is 17.1. The second kappa shape index (κ2) is 7.40. The highest BCUT2D eigenvalue weighted by atomic mass is 35.5. The van der Waals surface area contributed by atoms with E-state index in [1.165, 1.54) is 0 Å². The van der Waals surface area contributed by atoms with Crippen LogP contribution in [0.25, 0.3) is 0 Å². The number of benzene rings is 1. The van der Waals surface area contributed by atoms with Crippen LogP contribution < -0.4 is 10.6 Å². The van der Waals surface area contributed by atoms with Gasteiger partial charge in [0, 0.05) is 23.6 Å². The van der Waals surface area contributed by atoms with E-state index in [4.69, 9.17) is 28.0 Å².